The van der Waals surface area contributed by atoms with Gasteiger partial charge in [0.25, 0.3) is 0 Å². The van der Waals surface area contributed by atoms with E-state index in [0.717, 1.165) is 28.7 Å². The standard InChI is InChI=1S/C18H16ClN3O2S/c1-24-17(23)10-5-4-6-11(9-10)20-15-14-12-7-2-3-8-13(12)25-16(14)22-18(19)21-15/h4-6,9H,2-3,7-8H2,1H3,(H,20,21,22). The van der Waals surface area contributed by atoms with Gasteiger partial charge in [0.15, 0.2) is 0 Å². The highest BCUT2D eigenvalue weighted by molar-refractivity contribution is 7.19. The van der Waals surface area contributed by atoms with Gasteiger partial charge in [0.2, 0.25) is 5.28 Å². The van der Waals surface area contributed by atoms with Crippen molar-refractivity contribution >= 4 is 50.6 Å². The summed E-state index contributed by atoms with van der Waals surface area (Å²) in [6, 6.07) is 7.14. The van der Waals surface area contributed by atoms with Crippen LogP contribution in [0.1, 0.15) is 33.6 Å². The highest BCUT2D eigenvalue weighted by Crippen LogP contribution is 2.39. The summed E-state index contributed by atoms with van der Waals surface area (Å²) in [7, 11) is 1.37. The van der Waals surface area contributed by atoms with Gasteiger partial charge in [-0.3, -0.25) is 0 Å². The molecule has 1 N–H and O–H groups in total. The smallest absolute Gasteiger partial charge is 0.337 e. The number of nitrogens with zero attached hydrogens (tertiary/aromatic N) is 2. The van der Waals surface area contributed by atoms with Crippen LogP contribution < -0.4 is 5.32 Å². The largest absolute Gasteiger partial charge is 0.465 e. The molecule has 0 aliphatic heterocycles. The Morgan fingerprint density at radius 3 is 2.96 bits per heavy atom. The van der Waals surface area contributed by atoms with Crippen molar-refractivity contribution in [3.63, 3.8) is 0 Å². The van der Waals surface area contributed by atoms with Gasteiger partial charge in [-0.05, 0) is 61.0 Å². The van der Waals surface area contributed by atoms with E-state index in [1.165, 1.54) is 30.4 Å². The van der Waals surface area contributed by atoms with Gasteiger partial charge in [0.1, 0.15) is 10.6 Å². The molecule has 0 saturated carbocycles. The van der Waals surface area contributed by atoms with Crippen LogP contribution in [0.25, 0.3) is 10.2 Å². The number of carbonyl (C=O) groups excluding carboxylic acids is 1. The van der Waals surface area contributed by atoms with Crippen LogP contribution in [0.15, 0.2) is 24.3 Å². The lowest BCUT2D eigenvalue weighted by atomic mass is 9.97. The molecule has 2 heterocycles. The van der Waals surface area contributed by atoms with E-state index in [1.807, 2.05) is 6.07 Å². The second-order valence-corrected chi connectivity index (χ2v) is 7.35. The van der Waals surface area contributed by atoms with Crippen LogP contribution >= 0.6 is 22.9 Å². The van der Waals surface area contributed by atoms with E-state index < -0.39 is 0 Å². The molecule has 1 aromatic carbocycles. The maximum absolute atomic E-state index is 11.7. The first-order chi connectivity index (χ1) is 12.2. The lowest BCUT2D eigenvalue weighted by Gasteiger charge is -2.13. The summed E-state index contributed by atoms with van der Waals surface area (Å²) in [6.45, 7) is 0. The van der Waals surface area contributed by atoms with E-state index in [1.54, 1.807) is 29.5 Å². The summed E-state index contributed by atoms with van der Waals surface area (Å²) < 4.78 is 4.78. The van der Waals surface area contributed by atoms with Crippen molar-refractivity contribution in [2.24, 2.45) is 0 Å². The van der Waals surface area contributed by atoms with Crippen molar-refractivity contribution in [3.05, 3.63) is 45.6 Å². The molecule has 0 fully saturated rings. The Kier molecular flexibility index (Phi) is 4.31. The summed E-state index contributed by atoms with van der Waals surface area (Å²) in [5.41, 5.74) is 2.57. The van der Waals surface area contributed by atoms with Crippen molar-refractivity contribution in [1.82, 2.24) is 9.97 Å². The maximum atomic E-state index is 11.7. The average molecular weight is 374 g/mol. The Bertz CT molecular complexity index is 970. The van der Waals surface area contributed by atoms with Gasteiger partial charge in [0.05, 0.1) is 18.1 Å². The van der Waals surface area contributed by atoms with Gasteiger partial charge in [0, 0.05) is 10.6 Å². The molecular weight excluding hydrogens is 358 g/mol. The molecule has 25 heavy (non-hydrogen) atoms. The van der Waals surface area contributed by atoms with Crippen molar-refractivity contribution in [2.75, 3.05) is 12.4 Å². The number of fused-ring (bicyclic) bond motifs is 3. The van der Waals surface area contributed by atoms with E-state index in [0.29, 0.717) is 11.4 Å². The van der Waals surface area contributed by atoms with Crippen LogP contribution in [-0.4, -0.2) is 23.0 Å². The number of benzene rings is 1. The first kappa shape index (κ1) is 16.3. The van der Waals surface area contributed by atoms with Gasteiger partial charge >= 0.3 is 5.97 Å². The molecule has 1 aliphatic carbocycles. The number of ether oxygens (including phenoxy) is 1. The molecule has 0 saturated heterocycles. The zero-order valence-corrected chi connectivity index (χ0v) is 15.2. The normalized spacial score (nSPS) is 13.5. The van der Waals surface area contributed by atoms with Gasteiger partial charge in [-0.1, -0.05) is 6.07 Å². The van der Waals surface area contributed by atoms with Crippen molar-refractivity contribution < 1.29 is 9.53 Å². The second kappa shape index (κ2) is 6.61. The summed E-state index contributed by atoms with van der Waals surface area (Å²) in [5, 5.41) is 4.58. The fourth-order valence-electron chi connectivity index (χ4n) is 3.20. The van der Waals surface area contributed by atoms with Gasteiger partial charge in [-0.15, -0.1) is 11.3 Å². The molecule has 2 aromatic heterocycles. The number of carbonyl (C=O) groups is 1. The number of hydrogen-bond donors (Lipinski definition) is 1. The lowest BCUT2D eigenvalue weighted by Crippen LogP contribution is -2.03. The van der Waals surface area contributed by atoms with E-state index in [4.69, 9.17) is 16.3 Å². The SMILES string of the molecule is COC(=O)c1cccc(Nc2nc(Cl)nc3sc4c(c23)CCCC4)c1. The molecule has 1 aliphatic rings. The summed E-state index contributed by atoms with van der Waals surface area (Å²) in [6.07, 6.45) is 4.52. The number of halogens is 1. The monoisotopic (exact) mass is 373 g/mol. The molecule has 0 bridgehead atoms. The number of hydrogen-bond acceptors (Lipinski definition) is 6. The Labute approximate surface area is 154 Å². The fraction of sp³-hybridized carbons (Fsp3) is 0.278. The molecular formula is C18H16ClN3O2S. The van der Waals surface area contributed by atoms with Gasteiger partial charge in [-0.25, -0.2) is 9.78 Å². The Morgan fingerprint density at radius 2 is 2.12 bits per heavy atom. The molecule has 4 rings (SSSR count). The number of thiophene rings is 1. The molecule has 5 nitrogen and oxygen atoms in total. The second-order valence-electron chi connectivity index (χ2n) is 5.93. The predicted octanol–water partition coefficient (Wildman–Crippen LogP) is 4.75. The number of esters is 1. The number of aryl methyl sites for hydroxylation is 2. The number of aromatic nitrogens is 2. The minimum Gasteiger partial charge on any atom is -0.465 e. The van der Waals surface area contributed by atoms with Crippen LogP contribution in [0, 0.1) is 0 Å². The first-order valence-corrected chi connectivity index (χ1v) is 9.28. The lowest BCUT2D eigenvalue weighted by molar-refractivity contribution is 0.0601. The first-order valence-electron chi connectivity index (χ1n) is 8.09. The summed E-state index contributed by atoms with van der Waals surface area (Å²) in [5.74, 6) is 0.318. The third-order valence-electron chi connectivity index (χ3n) is 4.33. The van der Waals surface area contributed by atoms with Gasteiger partial charge in [-0.2, -0.15) is 4.98 Å². The van der Waals surface area contributed by atoms with Crippen molar-refractivity contribution in [3.8, 4) is 0 Å². The van der Waals surface area contributed by atoms with Crippen molar-refractivity contribution in [1.29, 1.82) is 0 Å². The van der Waals surface area contributed by atoms with Crippen LogP contribution in [-0.2, 0) is 17.6 Å². The van der Waals surface area contributed by atoms with Crippen LogP contribution in [0.3, 0.4) is 0 Å². The molecule has 128 valence electrons. The van der Waals surface area contributed by atoms with Gasteiger partial charge < -0.3 is 10.1 Å². The summed E-state index contributed by atoms with van der Waals surface area (Å²) >= 11 is 7.83. The zero-order chi connectivity index (χ0) is 17.4. The van der Waals surface area contributed by atoms with Crippen LogP contribution in [0.5, 0.6) is 0 Å². The Balaban J connectivity index is 1.79. The Morgan fingerprint density at radius 1 is 1.28 bits per heavy atom. The Hall–Kier alpha value is -2.18. The number of methoxy groups -OCH3 is 1. The molecule has 3 aromatic rings. The quantitative estimate of drug-likeness (QED) is 0.530. The number of rotatable bonds is 3. The summed E-state index contributed by atoms with van der Waals surface area (Å²) in [4.78, 5) is 22.8. The molecule has 0 amide bonds. The number of nitrogens with one attached hydrogen (secondary N) is 1. The minimum atomic E-state index is -0.373. The molecule has 0 spiro atoms. The third kappa shape index (κ3) is 3.07. The van der Waals surface area contributed by atoms with Crippen LogP contribution in [0.2, 0.25) is 5.28 Å². The average Bonchev–Trinajstić information content (AvgIpc) is 2.99. The van der Waals surface area contributed by atoms with E-state index >= 15 is 0 Å². The molecule has 0 unspecified atom stereocenters. The molecule has 7 heteroatoms. The fourth-order valence-corrected chi connectivity index (χ4v) is 4.68. The predicted molar refractivity (Wildman–Crippen MR) is 100 cm³/mol. The molecule has 0 atom stereocenters. The number of anilines is 2. The zero-order valence-electron chi connectivity index (χ0n) is 13.6. The highest BCUT2D eigenvalue weighted by atomic mass is 35.5. The molecule has 0 radical (unpaired) electrons. The van der Waals surface area contributed by atoms with E-state index in [2.05, 4.69) is 15.3 Å². The highest BCUT2D eigenvalue weighted by Gasteiger charge is 2.21. The topological polar surface area (TPSA) is 64.1 Å². The van der Waals surface area contributed by atoms with Crippen molar-refractivity contribution in [2.45, 2.75) is 25.7 Å². The minimum absolute atomic E-state index is 0.220. The van der Waals surface area contributed by atoms with E-state index in [9.17, 15) is 4.79 Å². The maximum Gasteiger partial charge on any atom is 0.337 e. The van der Waals surface area contributed by atoms with Crippen LogP contribution in [0.4, 0.5) is 11.5 Å². The van der Waals surface area contributed by atoms with E-state index in [-0.39, 0.29) is 11.3 Å². The third-order valence-corrected chi connectivity index (χ3v) is 5.69.